The molecule has 3 atom stereocenters. The van der Waals surface area contributed by atoms with Crippen LogP contribution in [0.2, 0.25) is 0 Å². The Morgan fingerprint density at radius 3 is 2.56 bits per heavy atom. The van der Waals surface area contributed by atoms with Crippen LogP contribution in [-0.2, 0) is 4.79 Å². The van der Waals surface area contributed by atoms with E-state index in [2.05, 4.69) is 22.3 Å². The van der Waals surface area contributed by atoms with E-state index in [0.29, 0.717) is 23.7 Å². The maximum Gasteiger partial charge on any atom is 0.241 e. The normalized spacial score (nSPS) is 20.9. The molecule has 0 bridgehead atoms. The van der Waals surface area contributed by atoms with Crippen LogP contribution in [0.4, 0.5) is 5.69 Å². The van der Waals surface area contributed by atoms with Gasteiger partial charge in [0.1, 0.15) is 11.5 Å². The second-order valence-corrected chi connectivity index (χ2v) is 6.87. The summed E-state index contributed by atoms with van der Waals surface area (Å²) in [4.78, 5) is 14.9. The fourth-order valence-corrected chi connectivity index (χ4v) is 3.53. The molecule has 144 valence electrons. The van der Waals surface area contributed by atoms with Crippen molar-refractivity contribution < 1.29 is 14.3 Å². The van der Waals surface area contributed by atoms with Gasteiger partial charge in [-0.25, -0.2) is 0 Å². The van der Waals surface area contributed by atoms with Crippen molar-refractivity contribution in [2.24, 2.45) is 5.73 Å². The number of carbonyl (C=O) groups is 1. The quantitative estimate of drug-likeness (QED) is 0.818. The maximum absolute atomic E-state index is 12.8. The first-order chi connectivity index (χ1) is 13.0. The van der Waals surface area contributed by atoms with E-state index in [-0.39, 0.29) is 23.9 Å². The summed E-state index contributed by atoms with van der Waals surface area (Å²) in [7, 11) is 3.16. The smallest absolute Gasteiger partial charge is 0.241 e. The number of nitrogens with one attached hydrogen (secondary N) is 1. The average molecular weight is 369 g/mol. The van der Waals surface area contributed by atoms with Gasteiger partial charge in [0.2, 0.25) is 5.91 Å². The van der Waals surface area contributed by atoms with E-state index >= 15 is 0 Å². The van der Waals surface area contributed by atoms with Crippen molar-refractivity contribution in [2.75, 3.05) is 32.6 Å². The maximum atomic E-state index is 12.8. The molecule has 0 saturated carbocycles. The zero-order valence-corrected chi connectivity index (χ0v) is 16.0. The standard InChI is InChI=1S/C21H27N3O3/c1-14(21(25)23-19-10-9-16(26-2)11-20(19)27-3)24-12-17(18(22)13-24)15-7-5-4-6-8-15/h4-11,14,17-18H,12-13,22H2,1-3H3,(H,23,25)/t14?,17-,18+/m0/s1. The molecule has 6 nitrogen and oxygen atoms in total. The van der Waals surface area contributed by atoms with Gasteiger partial charge >= 0.3 is 0 Å². The highest BCUT2D eigenvalue weighted by Gasteiger charge is 2.35. The van der Waals surface area contributed by atoms with E-state index in [4.69, 9.17) is 15.2 Å². The summed E-state index contributed by atoms with van der Waals surface area (Å²) in [6.45, 7) is 3.36. The second-order valence-electron chi connectivity index (χ2n) is 6.87. The van der Waals surface area contributed by atoms with Crippen LogP contribution in [-0.4, -0.2) is 50.2 Å². The molecule has 1 aliphatic rings. The third-order valence-corrected chi connectivity index (χ3v) is 5.21. The minimum Gasteiger partial charge on any atom is -0.497 e. The number of ether oxygens (including phenoxy) is 2. The summed E-state index contributed by atoms with van der Waals surface area (Å²) in [6, 6.07) is 15.3. The molecular formula is C21H27N3O3. The Hall–Kier alpha value is -2.57. The number of methoxy groups -OCH3 is 2. The highest BCUT2D eigenvalue weighted by atomic mass is 16.5. The van der Waals surface area contributed by atoms with Crippen molar-refractivity contribution in [1.29, 1.82) is 0 Å². The zero-order valence-electron chi connectivity index (χ0n) is 16.0. The second kappa shape index (κ2) is 8.41. The summed E-state index contributed by atoms with van der Waals surface area (Å²) in [6.07, 6.45) is 0. The molecule has 0 radical (unpaired) electrons. The first kappa shape index (κ1) is 19.2. The predicted molar refractivity (Wildman–Crippen MR) is 106 cm³/mol. The molecule has 2 aromatic rings. The molecule has 0 aliphatic carbocycles. The van der Waals surface area contributed by atoms with Crippen molar-refractivity contribution in [1.82, 2.24) is 4.90 Å². The minimum atomic E-state index is -0.295. The molecule has 1 amide bonds. The predicted octanol–water partition coefficient (Wildman–Crippen LogP) is 2.46. The van der Waals surface area contributed by atoms with Gasteiger partial charge in [-0.2, -0.15) is 0 Å². The van der Waals surface area contributed by atoms with Crippen molar-refractivity contribution >= 4 is 11.6 Å². The zero-order chi connectivity index (χ0) is 19.4. The lowest BCUT2D eigenvalue weighted by Crippen LogP contribution is -2.41. The van der Waals surface area contributed by atoms with Crippen LogP contribution in [0.3, 0.4) is 0 Å². The molecular weight excluding hydrogens is 342 g/mol. The molecule has 6 heteroatoms. The lowest BCUT2D eigenvalue weighted by atomic mass is 9.95. The number of amides is 1. The van der Waals surface area contributed by atoms with Crippen LogP contribution >= 0.6 is 0 Å². The van der Waals surface area contributed by atoms with Crippen LogP contribution in [0, 0.1) is 0 Å². The van der Waals surface area contributed by atoms with Crippen molar-refractivity contribution in [3.05, 3.63) is 54.1 Å². The molecule has 1 saturated heterocycles. The fourth-order valence-electron chi connectivity index (χ4n) is 3.53. The molecule has 2 aromatic carbocycles. The number of hydrogen-bond acceptors (Lipinski definition) is 5. The molecule has 3 N–H and O–H groups in total. The van der Waals surface area contributed by atoms with E-state index in [9.17, 15) is 4.79 Å². The Morgan fingerprint density at radius 1 is 1.15 bits per heavy atom. The highest BCUT2D eigenvalue weighted by Crippen LogP contribution is 2.31. The van der Waals surface area contributed by atoms with Crippen LogP contribution in [0.5, 0.6) is 11.5 Å². The number of nitrogens with zero attached hydrogens (tertiary/aromatic N) is 1. The number of anilines is 1. The van der Waals surface area contributed by atoms with E-state index in [1.807, 2.05) is 25.1 Å². The van der Waals surface area contributed by atoms with Gasteiger partial charge in [0.25, 0.3) is 0 Å². The van der Waals surface area contributed by atoms with E-state index in [0.717, 1.165) is 6.54 Å². The Labute approximate surface area is 160 Å². The Balaban J connectivity index is 1.68. The molecule has 1 unspecified atom stereocenters. The summed E-state index contributed by atoms with van der Waals surface area (Å²) in [5, 5.41) is 2.96. The summed E-state index contributed by atoms with van der Waals surface area (Å²) >= 11 is 0. The summed E-state index contributed by atoms with van der Waals surface area (Å²) in [5.74, 6) is 1.39. The van der Waals surface area contributed by atoms with Gasteiger partial charge in [-0.3, -0.25) is 9.69 Å². The molecule has 0 aromatic heterocycles. The summed E-state index contributed by atoms with van der Waals surface area (Å²) in [5.41, 5.74) is 8.21. The lowest BCUT2D eigenvalue weighted by Gasteiger charge is -2.24. The SMILES string of the molecule is COc1ccc(NC(=O)C(C)N2C[C@@H](N)[C@H](c3ccccc3)C2)c(OC)c1. The highest BCUT2D eigenvalue weighted by molar-refractivity contribution is 5.96. The van der Waals surface area contributed by atoms with Gasteiger partial charge in [-0.1, -0.05) is 30.3 Å². The molecule has 27 heavy (non-hydrogen) atoms. The van der Waals surface area contributed by atoms with Crippen LogP contribution in [0.1, 0.15) is 18.4 Å². The first-order valence-corrected chi connectivity index (χ1v) is 9.11. The van der Waals surface area contributed by atoms with Crippen molar-refractivity contribution in [2.45, 2.75) is 24.9 Å². The Bertz CT molecular complexity index is 781. The lowest BCUT2D eigenvalue weighted by molar-refractivity contribution is -0.120. The number of rotatable bonds is 6. The number of benzene rings is 2. The van der Waals surface area contributed by atoms with Gasteiger partial charge < -0.3 is 20.5 Å². The van der Waals surface area contributed by atoms with Crippen molar-refractivity contribution in [3.8, 4) is 11.5 Å². The van der Waals surface area contributed by atoms with Crippen LogP contribution in [0.25, 0.3) is 0 Å². The van der Waals surface area contributed by atoms with Gasteiger partial charge in [0.05, 0.1) is 25.9 Å². The van der Waals surface area contributed by atoms with Gasteiger partial charge in [-0.05, 0) is 24.6 Å². The number of likely N-dealkylation sites (tertiary alicyclic amines) is 1. The van der Waals surface area contributed by atoms with E-state index < -0.39 is 0 Å². The Kier molecular flexibility index (Phi) is 5.98. The van der Waals surface area contributed by atoms with Gasteiger partial charge in [-0.15, -0.1) is 0 Å². The summed E-state index contributed by atoms with van der Waals surface area (Å²) < 4.78 is 10.6. The largest absolute Gasteiger partial charge is 0.497 e. The molecule has 1 fully saturated rings. The van der Waals surface area contributed by atoms with Crippen LogP contribution in [0.15, 0.2) is 48.5 Å². The van der Waals surface area contributed by atoms with Gasteiger partial charge in [0, 0.05) is 31.1 Å². The third-order valence-electron chi connectivity index (χ3n) is 5.21. The van der Waals surface area contributed by atoms with E-state index in [1.165, 1.54) is 5.56 Å². The average Bonchev–Trinajstić information content (AvgIpc) is 3.09. The number of hydrogen-bond donors (Lipinski definition) is 2. The van der Waals surface area contributed by atoms with Gasteiger partial charge in [0.15, 0.2) is 0 Å². The number of carbonyl (C=O) groups excluding carboxylic acids is 1. The third kappa shape index (κ3) is 4.23. The fraction of sp³-hybridized carbons (Fsp3) is 0.381. The topological polar surface area (TPSA) is 76.8 Å². The van der Waals surface area contributed by atoms with Crippen molar-refractivity contribution in [3.63, 3.8) is 0 Å². The first-order valence-electron chi connectivity index (χ1n) is 9.11. The minimum absolute atomic E-state index is 0.0122. The Morgan fingerprint density at radius 2 is 1.89 bits per heavy atom. The van der Waals surface area contributed by atoms with Crippen LogP contribution < -0.4 is 20.5 Å². The monoisotopic (exact) mass is 369 g/mol. The molecule has 3 rings (SSSR count). The van der Waals surface area contributed by atoms with E-state index in [1.54, 1.807) is 32.4 Å². The molecule has 0 spiro atoms. The number of nitrogens with two attached hydrogens (primary N) is 1. The molecule has 1 heterocycles. The molecule has 1 aliphatic heterocycles.